The SMILES string of the molecule is NNC(=NCCCOCC1CC1)Nc1ccccc1. The third-order valence-corrected chi connectivity index (χ3v) is 2.94. The Hall–Kier alpha value is -1.59. The van der Waals surface area contributed by atoms with Crippen LogP contribution in [0.3, 0.4) is 0 Å². The van der Waals surface area contributed by atoms with Crippen molar-refractivity contribution in [2.45, 2.75) is 19.3 Å². The van der Waals surface area contributed by atoms with E-state index in [0.29, 0.717) is 12.5 Å². The van der Waals surface area contributed by atoms with Gasteiger partial charge in [0.25, 0.3) is 0 Å². The molecule has 2 rings (SSSR count). The van der Waals surface area contributed by atoms with Crippen LogP contribution in [-0.2, 0) is 4.74 Å². The van der Waals surface area contributed by atoms with Gasteiger partial charge < -0.3 is 10.1 Å². The van der Waals surface area contributed by atoms with Gasteiger partial charge in [0.2, 0.25) is 5.96 Å². The minimum atomic E-state index is 0.577. The fourth-order valence-electron chi connectivity index (χ4n) is 1.67. The van der Waals surface area contributed by atoms with Crippen molar-refractivity contribution in [1.82, 2.24) is 5.43 Å². The van der Waals surface area contributed by atoms with E-state index in [9.17, 15) is 0 Å². The molecule has 1 aliphatic carbocycles. The van der Waals surface area contributed by atoms with Crippen molar-refractivity contribution in [1.29, 1.82) is 0 Å². The molecule has 1 aromatic rings. The van der Waals surface area contributed by atoms with Gasteiger partial charge in [-0.05, 0) is 37.3 Å². The zero-order valence-electron chi connectivity index (χ0n) is 11.1. The molecule has 1 aliphatic rings. The van der Waals surface area contributed by atoms with E-state index in [-0.39, 0.29) is 0 Å². The smallest absolute Gasteiger partial charge is 0.210 e. The Morgan fingerprint density at radius 2 is 2.11 bits per heavy atom. The number of para-hydroxylation sites is 1. The second-order valence-electron chi connectivity index (χ2n) is 4.74. The molecule has 0 aliphatic heterocycles. The fraction of sp³-hybridized carbons (Fsp3) is 0.500. The summed E-state index contributed by atoms with van der Waals surface area (Å²) in [5.74, 6) is 6.84. The van der Waals surface area contributed by atoms with Gasteiger partial charge in [0, 0.05) is 25.4 Å². The largest absolute Gasteiger partial charge is 0.381 e. The lowest BCUT2D eigenvalue weighted by atomic mass is 10.3. The summed E-state index contributed by atoms with van der Waals surface area (Å²) in [4.78, 5) is 4.36. The monoisotopic (exact) mass is 262 g/mol. The van der Waals surface area contributed by atoms with Crippen molar-refractivity contribution in [3.8, 4) is 0 Å². The number of nitrogens with zero attached hydrogens (tertiary/aromatic N) is 1. The Labute approximate surface area is 114 Å². The van der Waals surface area contributed by atoms with Crippen LogP contribution in [0.5, 0.6) is 0 Å². The summed E-state index contributed by atoms with van der Waals surface area (Å²) in [5, 5.41) is 3.12. The molecule has 1 aromatic carbocycles. The molecule has 0 bridgehead atoms. The summed E-state index contributed by atoms with van der Waals surface area (Å²) in [7, 11) is 0. The van der Waals surface area contributed by atoms with Gasteiger partial charge in [-0.1, -0.05) is 18.2 Å². The molecule has 0 atom stereocenters. The van der Waals surface area contributed by atoms with Crippen LogP contribution >= 0.6 is 0 Å². The van der Waals surface area contributed by atoms with E-state index >= 15 is 0 Å². The lowest BCUT2D eigenvalue weighted by Crippen LogP contribution is -2.36. The number of aliphatic imine (C=N–C) groups is 1. The van der Waals surface area contributed by atoms with E-state index in [1.807, 2.05) is 30.3 Å². The number of hydrogen-bond acceptors (Lipinski definition) is 3. The predicted molar refractivity (Wildman–Crippen MR) is 77.8 cm³/mol. The molecule has 1 saturated carbocycles. The van der Waals surface area contributed by atoms with Crippen LogP contribution in [-0.4, -0.2) is 25.7 Å². The lowest BCUT2D eigenvalue weighted by Gasteiger charge is -2.09. The highest BCUT2D eigenvalue weighted by atomic mass is 16.5. The van der Waals surface area contributed by atoms with Gasteiger partial charge in [0.05, 0.1) is 0 Å². The molecule has 0 spiro atoms. The number of hydrogen-bond donors (Lipinski definition) is 3. The van der Waals surface area contributed by atoms with Crippen molar-refractivity contribution in [2.24, 2.45) is 16.8 Å². The molecule has 0 saturated heterocycles. The highest BCUT2D eigenvalue weighted by Gasteiger charge is 2.20. The number of guanidine groups is 1. The molecule has 1 fully saturated rings. The van der Waals surface area contributed by atoms with Crippen LogP contribution in [0, 0.1) is 5.92 Å². The van der Waals surface area contributed by atoms with Gasteiger partial charge in [-0.15, -0.1) is 0 Å². The van der Waals surface area contributed by atoms with Gasteiger partial charge in [-0.25, -0.2) is 5.84 Å². The molecule has 4 N–H and O–H groups in total. The lowest BCUT2D eigenvalue weighted by molar-refractivity contribution is 0.123. The maximum atomic E-state index is 5.55. The van der Waals surface area contributed by atoms with Crippen LogP contribution in [0.2, 0.25) is 0 Å². The van der Waals surface area contributed by atoms with Crippen LogP contribution < -0.4 is 16.6 Å². The Kier molecular flexibility index (Phi) is 5.65. The maximum Gasteiger partial charge on any atom is 0.210 e. The van der Waals surface area contributed by atoms with E-state index in [4.69, 9.17) is 10.6 Å². The predicted octanol–water partition coefficient (Wildman–Crippen LogP) is 1.73. The number of nitrogens with one attached hydrogen (secondary N) is 2. The van der Waals surface area contributed by atoms with E-state index in [2.05, 4.69) is 15.7 Å². The molecule has 5 nitrogen and oxygen atoms in total. The summed E-state index contributed by atoms with van der Waals surface area (Å²) in [6.45, 7) is 2.38. The fourth-order valence-corrected chi connectivity index (χ4v) is 1.67. The molecule has 0 radical (unpaired) electrons. The first-order valence-corrected chi connectivity index (χ1v) is 6.79. The zero-order chi connectivity index (χ0) is 13.3. The molecule has 0 aromatic heterocycles. The highest BCUT2D eigenvalue weighted by Crippen LogP contribution is 2.28. The number of ether oxygens (including phenoxy) is 1. The number of benzene rings is 1. The molecule has 0 unspecified atom stereocenters. The van der Waals surface area contributed by atoms with E-state index in [1.54, 1.807) is 0 Å². The minimum Gasteiger partial charge on any atom is -0.381 e. The average molecular weight is 262 g/mol. The number of anilines is 1. The second-order valence-corrected chi connectivity index (χ2v) is 4.74. The molecule has 0 heterocycles. The Morgan fingerprint density at radius 1 is 1.32 bits per heavy atom. The standard InChI is InChI=1S/C14H22N4O/c15-18-14(17-13-5-2-1-3-6-13)16-9-4-10-19-11-12-7-8-12/h1-3,5-6,12H,4,7-11,15H2,(H2,16,17,18). The van der Waals surface area contributed by atoms with Crippen LogP contribution in [0.15, 0.2) is 35.3 Å². The Balaban J connectivity index is 1.63. The van der Waals surface area contributed by atoms with Crippen LogP contribution in [0.25, 0.3) is 0 Å². The second kappa shape index (κ2) is 7.76. The topological polar surface area (TPSA) is 71.7 Å². The van der Waals surface area contributed by atoms with E-state index in [1.165, 1.54) is 12.8 Å². The van der Waals surface area contributed by atoms with Crippen molar-refractivity contribution >= 4 is 11.6 Å². The molecule has 19 heavy (non-hydrogen) atoms. The van der Waals surface area contributed by atoms with Crippen molar-refractivity contribution in [3.05, 3.63) is 30.3 Å². The average Bonchev–Trinajstić information content (AvgIpc) is 3.26. The summed E-state index contributed by atoms with van der Waals surface area (Å²) in [5.41, 5.74) is 3.53. The first-order valence-electron chi connectivity index (χ1n) is 6.79. The minimum absolute atomic E-state index is 0.577. The van der Waals surface area contributed by atoms with Gasteiger partial charge in [0.15, 0.2) is 0 Å². The molecule has 104 valence electrons. The summed E-state index contributed by atoms with van der Waals surface area (Å²) < 4.78 is 5.55. The molecular weight excluding hydrogens is 240 g/mol. The van der Waals surface area contributed by atoms with E-state index < -0.39 is 0 Å². The van der Waals surface area contributed by atoms with Gasteiger partial charge in [0.1, 0.15) is 0 Å². The third kappa shape index (κ3) is 5.72. The Morgan fingerprint density at radius 3 is 2.79 bits per heavy atom. The van der Waals surface area contributed by atoms with Gasteiger partial charge in [-0.2, -0.15) is 0 Å². The maximum absolute atomic E-state index is 5.55. The summed E-state index contributed by atoms with van der Waals surface area (Å²) >= 11 is 0. The van der Waals surface area contributed by atoms with Gasteiger partial charge >= 0.3 is 0 Å². The van der Waals surface area contributed by atoms with Crippen molar-refractivity contribution in [2.75, 3.05) is 25.1 Å². The van der Waals surface area contributed by atoms with Crippen molar-refractivity contribution in [3.63, 3.8) is 0 Å². The first-order chi connectivity index (χ1) is 9.38. The number of rotatable bonds is 7. The van der Waals surface area contributed by atoms with E-state index in [0.717, 1.165) is 31.2 Å². The van der Waals surface area contributed by atoms with Crippen LogP contribution in [0.1, 0.15) is 19.3 Å². The summed E-state index contributed by atoms with van der Waals surface area (Å²) in [6, 6.07) is 9.82. The Bertz CT molecular complexity index is 390. The normalized spacial score (nSPS) is 15.3. The van der Waals surface area contributed by atoms with Crippen molar-refractivity contribution < 1.29 is 4.74 Å². The molecule has 5 heteroatoms. The first kappa shape index (κ1) is 13.8. The number of nitrogens with two attached hydrogens (primary N) is 1. The highest BCUT2D eigenvalue weighted by molar-refractivity contribution is 5.93. The van der Waals surface area contributed by atoms with Crippen LogP contribution in [0.4, 0.5) is 5.69 Å². The van der Waals surface area contributed by atoms with Gasteiger partial charge in [-0.3, -0.25) is 10.4 Å². The number of hydrazine groups is 1. The quantitative estimate of drug-likeness (QED) is 0.230. The molecular formula is C14H22N4O. The summed E-state index contributed by atoms with van der Waals surface area (Å²) in [6.07, 6.45) is 3.58. The molecule has 0 amide bonds. The third-order valence-electron chi connectivity index (χ3n) is 2.94. The zero-order valence-corrected chi connectivity index (χ0v) is 11.1.